The quantitative estimate of drug-likeness (QED) is 0.547. The fourth-order valence-electron chi connectivity index (χ4n) is 3.94. The predicted molar refractivity (Wildman–Crippen MR) is 127 cm³/mol. The van der Waals surface area contributed by atoms with E-state index in [2.05, 4.69) is 40.2 Å². The molecule has 0 saturated carbocycles. The van der Waals surface area contributed by atoms with Crippen LogP contribution in [0.25, 0.3) is 5.65 Å². The molecule has 2 aromatic rings. The molecule has 1 aliphatic heterocycles. The number of hydrogen-bond donors (Lipinski definition) is 1. The molecule has 0 radical (unpaired) electrons. The van der Waals surface area contributed by atoms with Crippen molar-refractivity contribution < 1.29 is 5.11 Å². The van der Waals surface area contributed by atoms with Crippen LogP contribution in [-0.4, -0.2) is 71.0 Å². The molecular weight excluding hydrogens is 390 g/mol. The van der Waals surface area contributed by atoms with Gasteiger partial charge in [-0.1, -0.05) is 19.1 Å². The van der Waals surface area contributed by atoms with Gasteiger partial charge in [-0.15, -0.1) is 0 Å². The molecule has 0 amide bonds. The summed E-state index contributed by atoms with van der Waals surface area (Å²) in [7, 11) is 1.71. The second kappa shape index (κ2) is 10.0. The van der Waals surface area contributed by atoms with Crippen molar-refractivity contribution in [3.8, 4) is 0 Å². The van der Waals surface area contributed by atoms with E-state index in [4.69, 9.17) is 0 Å². The van der Waals surface area contributed by atoms with Crippen molar-refractivity contribution >= 4 is 17.0 Å². The topological polar surface area (TPSA) is 73.4 Å². The smallest absolute Gasteiger partial charge is 0.258 e. The first-order chi connectivity index (χ1) is 14.9. The first kappa shape index (κ1) is 22.9. The zero-order chi connectivity index (χ0) is 22.5. The summed E-state index contributed by atoms with van der Waals surface area (Å²) in [4.78, 5) is 26.5. The van der Waals surface area contributed by atoms with Crippen LogP contribution in [0.2, 0.25) is 0 Å². The summed E-state index contributed by atoms with van der Waals surface area (Å²) < 4.78 is 1.60. The highest BCUT2D eigenvalue weighted by atomic mass is 16.3. The highest BCUT2D eigenvalue weighted by molar-refractivity contribution is 6.08. The van der Waals surface area contributed by atoms with Crippen LogP contribution in [0, 0.1) is 0 Å². The van der Waals surface area contributed by atoms with Crippen molar-refractivity contribution in [2.45, 2.75) is 33.2 Å². The number of allylic oxidation sites excluding steroid dienone is 3. The zero-order valence-electron chi connectivity index (χ0n) is 19.0. The molecule has 1 N–H and O–H groups in total. The van der Waals surface area contributed by atoms with Crippen LogP contribution < -0.4 is 10.5 Å². The minimum Gasteiger partial charge on any atom is -0.395 e. The normalized spacial score (nSPS) is 18.6. The zero-order valence-corrected chi connectivity index (χ0v) is 19.0. The molecule has 0 aromatic carbocycles. The Bertz CT molecular complexity index is 1070. The molecule has 3 heterocycles. The monoisotopic (exact) mass is 423 g/mol. The van der Waals surface area contributed by atoms with E-state index < -0.39 is 0 Å². The lowest BCUT2D eigenvalue weighted by molar-refractivity contribution is 0.146. The van der Waals surface area contributed by atoms with Crippen LogP contribution in [0.5, 0.6) is 0 Å². The maximum absolute atomic E-state index is 12.9. The second-order valence-corrected chi connectivity index (χ2v) is 8.04. The van der Waals surface area contributed by atoms with Crippen molar-refractivity contribution in [3.63, 3.8) is 0 Å². The summed E-state index contributed by atoms with van der Waals surface area (Å²) >= 11 is 0. The minimum atomic E-state index is -0.129. The second-order valence-electron chi connectivity index (χ2n) is 8.04. The van der Waals surface area contributed by atoms with Gasteiger partial charge < -0.3 is 10.0 Å². The highest BCUT2D eigenvalue weighted by Gasteiger charge is 2.23. The Morgan fingerprint density at radius 2 is 2.16 bits per heavy atom. The Hall–Kier alpha value is -2.77. The molecule has 0 unspecified atom stereocenters. The Morgan fingerprint density at radius 1 is 1.39 bits per heavy atom. The molecule has 166 valence electrons. The van der Waals surface area contributed by atoms with E-state index in [1.165, 1.54) is 0 Å². The van der Waals surface area contributed by atoms with E-state index in [0.29, 0.717) is 29.6 Å². The summed E-state index contributed by atoms with van der Waals surface area (Å²) in [5.41, 5.74) is 4.78. The SMILES string of the molecule is C=C(CC)/C(C)=C/C(=NC)c1cc(=O)n2cc(N3CCN(CCO)[C@H](C)C3)ccc2n1. The Labute approximate surface area is 184 Å². The lowest BCUT2D eigenvalue weighted by Gasteiger charge is -2.40. The average molecular weight is 424 g/mol. The summed E-state index contributed by atoms with van der Waals surface area (Å²) in [5.74, 6) is 0. The fraction of sp³-hybridized carbons (Fsp3) is 0.458. The number of β-amino-alcohol motifs (C(OH)–C–C–N with tert-alkyl or cyclic N) is 1. The number of pyridine rings is 1. The van der Waals surface area contributed by atoms with Crippen molar-refractivity contribution in [1.29, 1.82) is 0 Å². The lowest BCUT2D eigenvalue weighted by atomic mass is 10.0. The van der Waals surface area contributed by atoms with Crippen LogP contribution in [0.1, 0.15) is 32.9 Å². The number of rotatable bonds is 7. The average Bonchev–Trinajstić information content (AvgIpc) is 2.77. The number of aromatic nitrogens is 2. The van der Waals surface area contributed by atoms with Crippen LogP contribution >= 0.6 is 0 Å². The van der Waals surface area contributed by atoms with Gasteiger partial charge in [0.15, 0.2) is 0 Å². The third-order valence-corrected chi connectivity index (χ3v) is 6.00. The van der Waals surface area contributed by atoms with Crippen molar-refractivity contribution in [2.24, 2.45) is 4.99 Å². The lowest BCUT2D eigenvalue weighted by Crippen LogP contribution is -2.52. The van der Waals surface area contributed by atoms with Gasteiger partial charge in [0.1, 0.15) is 5.65 Å². The molecule has 1 saturated heterocycles. The Morgan fingerprint density at radius 3 is 2.81 bits per heavy atom. The number of hydrogen-bond acceptors (Lipinski definition) is 6. The first-order valence-corrected chi connectivity index (χ1v) is 10.8. The van der Waals surface area contributed by atoms with Gasteiger partial charge in [0.2, 0.25) is 0 Å². The van der Waals surface area contributed by atoms with Crippen LogP contribution in [0.3, 0.4) is 0 Å². The third kappa shape index (κ3) is 5.11. The van der Waals surface area contributed by atoms with E-state index in [1.807, 2.05) is 31.3 Å². The molecule has 0 aliphatic carbocycles. The van der Waals surface area contributed by atoms with Gasteiger partial charge in [-0.25, -0.2) is 4.98 Å². The molecule has 7 heteroatoms. The minimum absolute atomic E-state index is 0.129. The standard InChI is InChI=1S/C24H33N5O2/c1-6-17(2)18(3)13-21(25-5)22-14-24(31)29-16-20(7-8-23(29)26-22)28-10-9-27(11-12-30)19(4)15-28/h7-8,13-14,16,19,30H,2,6,9-12,15H2,1,3-5H3/b18-13+,25-21?/t19-/m1/s1. The molecule has 7 nitrogen and oxygen atoms in total. The maximum atomic E-state index is 12.9. The number of piperazine rings is 1. The van der Waals surface area contributed by atoms with Crippen molar-refractivity contribution in [2.75, 3.05) is 44.7 Å². The molecule has 31 heavy (non-hydrogen) atoms. The van der Waals surface area contributed by atoms with E-state index in [-0.39, 0.29) is 12.2 Å². The number of aliphatic hydroxyl groups is 1. The summed E-state index contributed by atoms with van der Waals surface area (Å²) in [6.45, 7) is 13.8. The molecule has 1 aliphatic rings. The van der Waals surface area contributed by atoms with Gasteiger partial charge >= 0.3 is 0 Å². The van der Waals surface area contributed by atoms with Crippen LogP contribution in [0.4, 0.5) is 5.69 Å². The molecule has 0 spiro atoms. The highest BCUT2D eigenvalue weighted by Crippen LogP contribution is 2.20. The van der Waals surface area contributed by atoms with Gasteiger partial charge in [-0.3, -0.25) is 19.1 Å². The Balaban J connectivity index is 1.90. The van der Waals surface area contributed by atoms with Gasteiger partial charge in [0.05, 0.1) is 23.7 Å². The summed E-state index contributed by atoms with van der Waals surface area (Å²) in [6, 6.07) is 5.78. The fourth-order valence-corrected chi connectivity index (χ4v) is 3.94. The Kier molecular flexibility index (Phi) is 7.41. The maximum Gasteiger partial charge on any atom is 0.258 e. The predicted octanol–water partition coefficient (Wildman–Crippen LogP) is 2.53. The molecule has 2 aromatic heterocycles. The van der Waals surface area contributed by atoms with Crippen molar-refractivity contribution in [3.05, 3.63) is 64.2 Å². The van der Waals surface area contributed by atoms with Crippen LogP contribution in [-0.2, 0) is 0 Å². The van der Waals surface area contributed by atoms with Gasteiger partial charge in [-0.2, -0.15) is 0 Å². The van der Waals surface area contributed by atoms with E-state index in [9.17, 15) is 9.90 Å². The largest absolute Gasteiger partial charge is 0.395 e. The van der Waals surface area contributed by atoms with Crippen molar-refractivity contribution in [1.82, 2.24) is 14.3 Å². The number of nitrogens with zero attached hydrogens (tertiary/aromatic N) is 5. The summed E-state index contributed by atoms with van der Waals surface area (Å²) in [5, 5.41) is 9.22. The van der Waals surface area contributed by atoms with Gasteiger partial charge in [0, 0.05) is 51.5 Å². The van der Waals surface area contributed by atoms with Crippen LogP contribution in [0.15, 0.2) is 58.0 Å². The number of anilines is 1. The third-order valence-electron chi connectivity index (χ3n) is 6.00. The van der Waals surface area contributed by atoms with Gasteiger partial charge in [0.25, 0.3) is 5.56 Å². The number of fused-ring (bicyclic) bond motifs is 1. The molecule has 1 atom stereocenters. The molecular formula is C24H33N5O2. The van der Waals surface area contributed by atoms with E-state index >= 15 is 0 Å². The molecule has 0 bridgehead atoms. The number of aliphatic hydroxyl groups excluding tert-OH is 1. The number of aliphatic imine (C=N–C) groups is 1. The summed E-state index contributed by atoms with van der Waals surface area (Å²) in [6.07, 6.45) is 4.67. The van der Waals surface area contributed by atoms with Gasteiger partial charge in [-0.05, 0) is 44.1 Å². The molecule has 1 fully saturated rings. The molecule has 3 rings (SSSR count). The van der Waals surface area contributed by atoms with E-state index in [0.717, 1.165) is 42.9 Å². The van der Waals surface area contributed by atoms with E-state index in [1.54, 1.807) is 17.5 Å². The first-order valence-electron chi connectivity index (χ1n) is 10.8.